The fraction of sp³-hybridized carbons (Fsp3) is 0.400. The lowest BCUT2D eigenvalue weighted by Gasteiger charge is -2.43. The minimum Gasteiger partial charge on any atom is -0.350 e. The first kappa shape index (κ1) is 36.6. The number of likely N-dealkylation sites (tertiary alicyclic amines) is 1. The zero-order valence-electron chi connectivity index (χ0n) is 27.8. The molecule has 3 amide bonds. The molecule has 6 heterocycles. The summed E-state index contributed by atoms with van der Waals surface area (Å²) < 4.78 is 29.7. The number of aromatic nitrogens is 1. The van der Waals surface area contributed by atoms with E-state index in [1.807, 2.05) is 12.1 Å². The quantitative estimate of drug-likeness (QED) is 0.212. The first-order chi connectivity index (χ1) is 25.0. The molecular weight excluding hydrogens is 823 g/mol. The van der Waals surface area contributed by atoms with Crippen LogP contribution in [0.3, 0.4) is 0 Å². The molecule has 3 N–H and O–H groups in total. The van der Waals surface area contributed by atoms with Crippen LogP contribution in [0.5, 0.6) is 0 Å². The number of rotatable bonds is 9. The molecule has 2 unspecified atom stereocenters. The molecule has 52 heavy (non-hydrogen) atoms. The van der Waals surface area contributed by atoms with Crippen LogP contribution in [0, 0.1) is 17.2 Å². The minimum absolute atomic E-state index is 0.0246. The summed E-state index contributed by atoms with van der Waals surface area (Å²) in [6.07, 6.45) is 5.71. The summed E-state index contributed by atoms with van der Waals surface area (Å²) in [5, 5.41) is 12.6. The molecule has 1 aromatic carbocycles. The summed E-state index contributed by atoms with van der Waals surface area (Å²) >= 11 is 0.804. The summed E-state index contributed by atoms with van der Waals surface area (Å²) in [6, 6.07) is 12.3. The third-order valence-electron chi connectivity index (χ3n) is 9.91. The van der Waals surface area contributed by atoms with Gasteiger partial charge in [0.1, 0.15) is 17.8 Å². The molecular formula is C35H36FIN7O6PS. The Morgan fingerprint density at radius 1 is 1.15 bits per heavy atom. The Morgan fingerprint density at radius 2 is 1.98 bits per heavy atom. The molecule has 2 aromatic heterocycles. The van der Waals surface area contributed by atoms with Gasteiger partial charge in [-0.2, -0.15) is 5.26 Å². The van der Waals surface area contributed by atoms with Gasteiger partial charge in [-0.25, -0.2) is 9.37 Å². The number of nitriles is 1. The van der Waals surface area contributed by atoms with Gasteiger partial charge >= 0.3 is 7.60 Å². The Labute approximate surface area is 313 Å². The highest BCUT2D eigenvalue weighted by Crippen LogP contribution is 2.53. The second-order valence-electron chi connectivity index (χ2n) is 13.3. The van der Waals surface area contributed by atoms with Crippen molar-refractivity contribution in [3.05, 3.63) is 76.6 Å². The van der Waals surface area contributed by atoms with E-state index >= 15 is 0 Å². The highest BCUT2D eigenvalue weighted by atomic mass is 127. The van der Waals surface area contributed by atoms with Crippen LogP contribution in [0.25, 0.3) is 10.1 Å². The Bertz CT molecular complexity index is 2090. The Hall–Kier alpha value is -3.72. The molecule has 0 radical (unpaired) electrons. The predicted octanol–water partition coefficient (Wildman–Crippen LogP) is 4.05. The number of halogens is 2. The van der Waals surface area contributed by atoms with Crippen molar-refractivity contribution in [3.63, 3.8) is 0 Å². The molecule has 13 nitrogen and oxygen atoms in total. The molecule has 0 bridgehead atoms. The van der Waals surface area contributed by atoms with Crippen molar-refractivity contribution in [3.8, 4) is 6.07 Å². The van der Waals surface area contributed by atoms with Crippen molar-refractivity contribution in [1.82, 2.24) is 25.0 Å². The average molecular weight is 860 g/mol. The highest BCUT2D eigenvalue weighted by molar-refractivity contribution is 14.2. The van der Waals surface area contributed by atoms with Gasteiger partial charge in [-0.1, -0.05) is 32.9 Å². The summed E-state index contributed by atoms with van der Waals surface area (Å²) in [5.41, 5.74) is 0.934. The lowest BCUT2D eigenvalue weighted by molar-refractivity contribution is -0.151. The van der Waals surface area contributed by atoms with Gasteiger partial charge in [0.25, 0.3) is 5.91 Å². The van der Waals surface area contributed by atoms with Gasteiger partial charge in [0, 0.05) is 67.8 Å². The maximum atomic E-state index is 14.5. The number of thiophene rings is 1. The number of fused-ring (bicyclic) bond motifs is 2. The molecule has 4 aliphatic rings. The minimum atomic E-state index is -5.00. The SMILES string of the molecule is N#Cc1cccc(C2CN(C(=O)[C@@H]3CC[C@@H]4CCN(CC5=NC=CC=I5)CC(CNC(=O)c5cc6cc(C(F)P(=O)(O)O)ccc6s5)C(=O)N43)C2)n1. The second kappa shape index (κ2) is 15.3. The van der Waals surface area contributed by atoms with E-state index in [4.69, 9.17) is 0 Å². The number of aliphatic imine (C=N–C) groups is 1. The van der Waals surface area contributed by atoms with Crippen molar-refractivity contribution in [2.45, 2.75) is 43.2 Å². The van der Waals surface area contributed by atoms with Crippen LogP contribution in [0.15, 0.2) is 59.7 Å². The van der Waals surface area contributed by atoms with E-state index in [0.29, 0.717) is 66.2 Å². The fourth-order valence-electron chi connectivity index (χ4n) is 7.23. The number of nitrogens with zero attached hydrogens (tertiary/aromatic N) is 6. The summed E-state index contributed by atoms with van der Waals surface area (Å²) in [6.45, 7) is 2.68. The van der Waals surface area contributed by atoms with Gasteiger partial charge in [0.2, 0.25) is 17.7 Å². The number of carbonyl (C=O) groups excluding carboxylic acids is 3. The van der Waals surface area contributed by atoms with Crippen LogP contribution in [-0.4, -0.2) is 106 Å². The van der Waals surface area contributed by atoms with Gasteiger partial charge in [0.15, 0.2) is 0 Å². The van der Waals surface area contributed by atoms with Gasteiger partial charge in [-0.3, -0.25) is 28.8 Å². The highest BCUT2D eigenvalue weighted by Gasteiger charge is 2.47. The van der Waals surface area contributed by atoms with E-state index in [0.717, 1.165) is 27.2 Å². The van der Waals surface area contributed by atoms with E-state index in [9.17, 15) is 38.4 Å². The standard InChI is InChI=1S/C35H36FIN7O6PS/c36-32(51(48,49)50)21-5-8-29-22(13-21)14-30(52-29)33(45)40-16-23-17-42(20-31-37-10-2-11-39-31)12-9-26-6-7-28(44(26)34(23)46)35(47)43-18-24(19-43)27-4-1-3-25(15-38)41-27/h1-5,8,10-11,13-14,23-24,26,28,32H,6-7,9,12,16-20H2,(H,40,45)(H2,48,49,50)/t23?,26-,28+,32?/m1/s1. The van der Waals surface area contributed by atoms with Crippen LogP contribution in [0.4, 0.5) is 4.39 Å². The maximum absolute atomic E-state index is 14.5. The third kappa shape index (κ3) is 7.80. The predicted molar refractivity (Wildman–Crippen MR) is 203 cm³/mol. The lowest BCUT2D eigenvalue weighted by atomic mass is 9.94. The number of nitrogens with one attached hydrogen (secondary N) is 1. The maximum Gasteiger partial charge on any atom is 0.363 e. The molecule has 0 spiro atoms. The number of benzene rings is 1. The summed E-state index contributed by atoms with van der Waals surface area (Å²) in [7, 11) is -5.00. The molecule has 4 atom stereocenters. The Balaban J connectivity index is 1.07. The number of alkyl halides is 1. The van der Waals surface area contributed by atoms with Crippen molar-refractivity contribution in [2.75, 3.05) is 39.3 Å². The molecule has 272 valence electrons. The van der Waals surface area contributed by atoms with Crippen molar-refractivity contribution >= 4 is 75.2 Å². The molecule has 7 rings (SSSR count). The van der Waals surface area contributed by atoms with Crippen LogP contribution in [0.2, 0.25) is 0 Å². The average Bonchev–Trinajstić information content (AvgIpc) is 3.74. The van der Waals surface area contributed by atoms with Gasteiger partial charge in [-0.15, -0.1) is 11.3 Å². The van der Waals surface area contributed by atoms with Crippen LogP contribution in [0.1, 0.15) is 57.7 Å². The smallest absolute Gasteiger partial charge is 0.350 e. The number of allylic oxidation sites excluding steroid dienone is 1. The Morgan fingerprint density at radius 3 is 2.73 bits per heavy atom. The lowest BCUT2D eigenvalue weighted by Crippen LogP contribution is -2.59. The van der Waals surface area contributed by atoms with Crippen molar-refractivity contribution in [2.24, 2.45) is 10.9 Å². The van der Waals surface area contributed by atoms with E-state index in [2.05, 4.69) is 30.3 Å². The zero-order chi connectivity index (χ0) is 36.6. The number of carbonyl (C=O) groups is 3. The molecule has 0 saturated carbocycles. The Kier molecular flexibility index (Phi) is 10.8. The van der Waals surface area contributed by atoms with E-state index in [1.54, 1.807) is 34.2 Å². The number of pyridine rings is 1. The largest absolute Gasteiger partial charge is 0.363 e. The summed E-state index contributed by atoms with van der Waals surface area (Å²) in [5.74, 6) is -3.78. The van der Waals surface area contributed by atoms with E-state index < -0.39 is 31.4 Å². The molecule has 0 aliphatic carbocycles. The number of hydrogen-bond donors (Lipinski definition) is 3. The monoisotopic (exact) mass is 859 g/mol. The van der Waals surface area contributed by atoms with E-state index in [-0.39, 0.29) is 56.6 Å². The summed E-state index contributed by atoms with van der Waals surface area (Å²) in [4.78, 5) is 75.5. The fourth-order valence-corrected chi connectivity index (χ4v) is 10.5. The molecule has 4 aliphatic heterocycles. The van der Waals surface area contributed by atoms with E-state index in [1.165, 1.54) is 18.2 Å². The normalized spacial score (nSPS) is 23.2. The topological polar surface area (TPSA) is 180 Å². The number of amides is 3. The van der Waals surface area contributed by atoms with Crippen LogP contribution >= 0.6 is 39.7 Å². The van der Waals surface area contributed by atoms with Crippen molar-refractivity contribution < 1.29 is 33.1 Å². The van der Waals surface area contributed by atoms with Gasteiger partial charge < -0.3 is 24.9 Å². The van der Waals surface area contributed by atoms with Crippen molar-refractivity contribution in [1.29, 1.82) is 5.26 Å². The zero-order valence-corrected chi connectivity index (χ0v) is 31.7. The third-order valence-corrected chi connectivity index (χ3v) is 14.0. The van der Waals surface area contributed by atoms with Gasteiger partial charge in [0.05, 0.1) is 14.5 Å². The number of hydrogen-bond acceptors (Lipinski definition) is 9. The van der Waals surface area contributed by atoms with Crippen LogP contribution < -0.4 is 5.32 Å². The molecule has 3 fully saturated rings. The first-order valence-corrected chi connectivity index (χ1v) is 21.7. The van der Waals surface area contributed by atoms with Crippen LogP contribution in [-0.2, 0) is 14.2 Å². The molecule has 3 saturated heterocycles. The second-order valence-corrected chi connectivity index (χ2v) is 18.6. The first-order valence-electron chi connectivity index (χ1n) is 16.9. The molecule has 3 aromatic rings. The molecule has 17 heteroatoms. The van der Waals surface area contributed by atoms with Gasteiger partial charge in [-0.05, 0) is 70.6 Å².